The summed E-state index contributed by atoms with van der Waals surface area (Å²) in [5, 5.41) is 16.7. The van der Waals surface area contributed by atoms with Crippen molar-refractivity contribution < 1.29 is 19.1 Å². The van der Waals surface area contributed by atoms with Crippen molar-refractivity contribution >= 4 is 29.2 Å². The molecule has 3 N–H and O–H groups in total. The second kappa shape index (κ2) is 5.07. The van der Waals surface area contributed by atoms with E-state index in [1.807, 2.05) is 0 Å². The smallest absolute Gasteiger partial charge is 0.356 e. The second-order valence-electron chi connectivity index (χ2n) is 3.51. The summed E-state index contributed by atoms with van der Waals surface area (Å²) >= 11 is 5.73. The minimum atomic E-state index is -1.30. The fourth-order valence-corrected chi connectivity index (χ4v) is 1.69. The van der Waals surface area contributed by atoms with E-state index in [4.69, 9.17) is 16.7 Å². The number of hydrogen-bond donors (Lipinski definition) is 3. The largest absolute Gasteiger partial charge is 0.476 e. The molecule has 0 saturated heterocycles. The van der Waals surface area contributed by atoms with Crippen LogP contribution in [0.5, 0.6) is 0 Å². The molecule has 2 rings (SSSR count). The third-order valence-electron chi connectivity index (χ3n) is 2.29. The predicted molar refractivity (Wildman–Crippen MR) is 64.9 cm³/mol. The molecular formula is C11H7ClFN3O3. The van der Waals surface area contributed by atoms with Crippen LogP contribution in [0.2, 0.25) is 5.02 Å². The van der Waals surface area contributed by atoms with Gasteiger partial charge in [0.05, 0.1) is 22.5 Å². The average molecular weight is 284 g/mol. The maximum absolute atomic E-state index is 13.5. The first-order valence-corrected chi connectivity index (χ1v) is 5.40. The van der Waals surface area contributed by atoms with Crippen molar-refractivity contribution in [3.8, 4) is 0 Å². The lowest BCUT2D eigenvalue weighted by Gasteiger charge is -2.06. The van der Waals surface area contributed by atoms with E-state index in [-0.39, 0.29) is 22.0 Å². The highest BCUT2D eigenvalue weighted by Crippen LogP contribution is 2.21. The van der Waals surface area contributed by atoms with E-state index < -0.39 is 17.7 Å². The first kappa shape index (κ1) is 13.0. The van der Waals surface area contributed by atoms with Crippen molar-refractivity contribution in [2.75, 3.05) is 5.32 Å². The molecule has 0 aliphatic heterocycles. The summed E-state index contributed by atoms with van der Waals surface area (Å²) in [6, 6.07) is 3.79. The summed E-state index contributed by atoms with van der Waals surface area (Å²) in [7, 11) is 0. The summed E-state index contributed by atoms with van der Waals surface area (Å²) in [6.45, 7) is 0. The molecule has 0 saturated carbocycles. The zero-order valence-electron chi connectivity index (χ0n) is 9.28. The third kappa shape index (κ3) is 2.55. The van der Waals surface area contributed by atoms with Gasteiger partial charge in [0, 0.05) is 0 Å². The van der Waals surface area contributed by atoms with Gasteiger partial charge in [-0.25, -0.2) is 9.18 Å². The Bertz CT molecular complexity index is 636. The molecule has 1 aromatic carbocycles. The Morgan fingerprint density at radius 1 is 1.42 bits per heavy atom. The number of anilines is 1. The summed E-state index contributed by atoms with van der Waals surface area (Å²) < 4.78 is 13.5. The maximum Gasteiger partial charge on any atom is 0.356 e. The van der Waals surface area contributed by atoms with Crippen molar-refractivity contribution in [3.05, 3.63) is 46.5 Å². The molecule has 6 nitrogen and oxygen atoms in total. The number of amides is 1. The summed E-state index contributed by atoms with van der Waals surface area (Å²) in [4.78, 5) is 22.7. The molecule has 19 heavy (non-hydrogen) atoms. The van der Waals surface area contributed by atoms with Gasteiger partial charge >= 0.3 is 5.97 Å². The van der Waals surface area contributed by atoms with E-state index in [2.05, 4.69) is 15.5 Å². The number of aromatic carboxylic acids is 1. The lowest BCUT2D eigenvalue weighted by molar-refractivity contribution is 0.0691. The Kier molecular flexibility index (Phi) is 3.48. The van der Waals surface area contributed by atoms with Crippen molar-refractivity contribution in [1.29, 1.82) is 0 Å². The van der Waals surface area contributed by atoms with Gasteiger partial charge in [-0.1, -0.05) is 17.7 Å². The Morgan fingerprint density at radius 3 is 2.79 bits per heavy atom. The molecule has 0 spiro atoms. The lowest BCUT2D eigenvalue weighted by atomic mass is 10.2. The van der Waals surface area contributed by atoms with E-state index in [1.165, 1.54) is 12.1 Å². The highest BCUT2D eigenvalue weighted by Gasteiger charge is 2.19. The van der Waals surface area contributed by atoms with Crippen LogP contribution in [0.4, 0.5) is 10.1 Å². The normalized spacial score (nSPS) is 10.2. The number of H-pyrrole nitrogens is 1. The van der Waals surface area contributed by atoms with Gasteiger partial charge in [0.2, 0.25) is 0 Å². The van der Waals surface area contributed by atoms with Crippen LogP contribution >= 0.6 is 11.6 Å². The van der Waals surface area contributed by atoms with Gasteiger partial charge in [0.25, 0.3) is 5.91 Å². The van der Waals surface area contributed by atoms with Gasteiger partial charge in [-0.05, 0) is 12.1 Å². The van der Waals surface area contributed by atoms with Gasteiger partial charge in [-0.15, -0.1) is 0 Å². The Labute approximate surface area is 111 Å². The number of rotatable bonds is 3. The lowest BCUT2D eigenvalue weighted by Crippen LogP contribution is -2.16. The van der Waals surface area contributed by atoms with E-state index in [1.54, 1.807) is 0 Å². The molecule has 98 valence electrons. The number of hydrogen-bond acceptors (Lipinski definition) is 3. The van der Waals surface area contributed by atoms with Gasteiger partial charge in [-0.3, -0.25) is 9.89 Å². The number of carboxylic acids is 1. The topological polar surface area (TPSA) is 95.1 Å². The zero-order chi connectivity index (χ0) is 14.0. The molecule has 0 aliphatic carbocycles. The van der Waals surface area contributed by atoms with Gasteiger partial charge < -0.3 is 10.4 Å². The number of aromatic nitrogens is 2. The van der Waals surface area contributed by atoms with Crippen molar-refractivity contribution in [3.63, 3.8) is 0 Å². The van der Waals surface area contributed by atoms with Crippen LogP contribution in [0.1, 0.15) is 20.8 Å². The standard InChI is InChI=1S/C11H7ClFN3O3/c12-5-2-1-3-6(13)8(5)10(17)15-7-4-14-16-9(7)11(18)19/h1-4H,(H,14,16)(H,15,17)(H,18,19). The summed E-state index contributed by atoms with van der Waals surface area (Å²) in [5.41, 5.74) is -0.737. The third-order valence-corrected chi connectivity index (χ3v) is 2.61. The molecule has 0 unspecified atom stereocenters. The van der Waals surface area contributed by atoms with E-state index in [0.29, 0.717) is 0 Å². The number of nitrogens with one attached hydrogen (secondary N) is 2. The van der Waals surface area contributed by atoms with Crippen LogP contribution in [-0.2, 0) is 0 Å². The second-order valence-corrected chi connectivity index (χ2v) is 3.92. The molecule has 1 amide bonds. The van der Waals surface area contributed by atoms with E-state index in [0.717, 1.165) is 12.3 Å². The molecule has 0 fully saturated rings. The van der Waals surface area contributed by atoms with Crippen LogP contribution in [-0.4, -0.2) is 27.2 Å². The SMILES string of the molecule is O=C(O)c1[nH]ncc1NC(=O)c1c(F)cccc1Cl. The minimum absolute atomic E-state index is 0.0714. The van der Waals surface area contributed by atoms with Crippen LogP contribution < -0.4 is 5.32 Å². The van der Waals surface area contributed by atoms with Gasteiger partial charge in [0.1, 0.15) is 5.82 Å². The van der Waals surface area contributed by atoms with Gasteiger partial charge in [0.15, 0.2) is 5.69 Å². The fraction of sp³-hybridized carbons (Fsp3) is 0. The monoisotopic (exact) mass is 283 g/mol. The first-order valence-electron chi connectivity index (χ1n) is 5.02. The Morgan fingerprint density at radius 2 is 2.16 bits per heavy atom. The number of benzene rings is 1. The van der Waals surface area contributed by atoms with Gasteiger partial charge in [-0.2, -0.15) is 5.10 Å². The predicted octanol–water partition coefficient (Wildman–Crippen LogP) is 2.15. The summed E-state index contributed by atoms with van der Waals surface area (Å²) in [5.74, 6) is -2.95. The molecule has 2 aromatic rings. The number of aromatic amines is 1. The first-order chi connectivity index (χ1) is 9.00. The molecule has 1 heterocycles. The highest BCUT2D eigenvalue weighted by atomic mass is 35.5. The Hall–Kier alpha value is -2.41. The van der Waals surface area contributed by atoms with Crippen LogP contribution in [0, 0.1) is 5.82 Å². The molecule has 0 radical (unpaired) electrons. The molecule has 0 aliphatic rings. The number of nitrogens with zero attached hydrogens (tertiary/aromatic N) is 1. The number of carboxylic acid groups (broad SMARTS) is 1. The van der Waals surface area contributed by atoms with Crippen LogP contribution in [0.25, 0.3) is 0 Å². The maximum atomic E-state index is 13.5. The molecule has 1 aromatic heterocycles. The zero-order valence-corrected chi connectivity index (χ0v) is 10.0. The molecule has 0 bridgehead atoms. The van der Waals surface area contributed by atoms with Crippen LogP contribution in [0.3, 0.4) is 0 Å². The van der Waals surface area contributed by atoms with Crippen molar-refractivity contribution in [2.24, 2.45) is 0 Å². The molecule has 0 atom stereocenters. The average Bonchev–Trinajstić information content (AvgIpc) is 2.76. The van der Waals surface area contributed by atoms with Crippen molar-refractivity contribution in [1.82, 2.24) is 10.2 Å². The summed E-state index contributed by atoms with van der Waals surface area (Å²) in [6.07, 6.45) is 1.11. The Balaban J connectivity index is 2.31. The van der Waals surface area contributed by atoms with Crippen LogP contribution in [0.15, 0.2) is 24.4 Å². The van der Waals surface area contributed by atoms with E-state index >= 15 is 0 Å². The number of carbonyl (C=O) groups is 2. The number of carbonyl (C=O) groups excluding carboxylic acids is 1. The minimum Gasteiger partial charge on any atom is -0.476 e. The fourth-order valence-electron chi connectivity index (χ4n) is 1.44. The van der Waals surface area contributed by atoms with Crippen molar-refractivity contribution in [2.45, 2.75) is 0 Å². The highest BCUT2D eigenvalue weighted by molar-refractivity contribution is 6.34. The number of halogens is 2. The molecular weight excluding hydrogens is 277 g/mol. The van der Waals surface area contributed by atoms with E-state index in [9.17, 15) is 14.0 Å². The molecule has 8 heteroatoms. The quantitative estimate of drug-likeness (QED) is 0.804.